The number of amides is 1. The van der Waals surface area contributed by atoms with Crippen LogP contribution in [0.25, 0.3) is 0 Å². The Balaban J connectivity index is 1.74. The quantitative estimate of drug-likeness (QED) is 0.790. The van der Waals surface area contributed by atoms with E-state index in [0.29, 0.717) is 12.1 Å². The van der Waals surface area contributed by atoms with Crippen LogP contribution in [0, 0.1) is 12.8 Å². The van der Waals surface area contributed by atoms with Gasteiger partial charge in [-0.3, -0.25) is 9.69 Å². The number of carbonyl (C=O) groups is 1. The smallest absolute Gasteiger partial charge is 0.254 e. The lowest BCUT2D eigenvalue weighted by molar-refractivity contribution is 0.0911. The minimum Gasteiger partial charge on any atom is -0.350 e. The second-order valence-electron chi connectivity index (χ2n) is 7.99. The van der Waals surface area contributed by atoms with Gasteiger partial charge in [0.2, 0.25) is 0 Å². The van der Waals surface area contributed by atoms with Crippen molar-refractivity contribution < 1.29 is 4.79 Å². The molecule has 1 fully saturated rings. The second-order valence-corrected chi connectivity index (χ2v) is 7.99. The Hall–Kier alpha value is -2.27. The van der Waals surface area contributed by atoms with E-state index in [1.54, 1.807) is 6.20 Å². The normalized spacial score (nSPS) is 16.7. The van der Waals surface area contributed by atoms with Gasteiger partial charge in [-0.05, 0) is 50.8 Å². The van der Waals surface area contributed by atoms with Gasteiger partial charge in [0.15, 0.2) is 0 Å². The van der Waals surface area contributed by atoms with Gasteiger partial charge in [0.05, 0.1) is 17.3 Å². The average Bonchev–Trinajstić information content (AvgIpc) is 2.71. The van der Waals surface area contributed by atoms with Crippen molar-refractivity contribution in [1.29, 1.82) is 0 Å². The van der Waals surface area contributed by atoms with Crippen molar-refractivity contribution in [2.75, 3.05) is 19.6 Å². The van der Waals surface area contributed by atoms with Crippen LogP contribution in [-0.4, -0.2) is 40.4 Å². The molecular weight excluding hydrogens is 348 g/mol. The van der Waals surface area contributed by atoms with Crippen LogP contribution in [0.15, 0.2) is 36.8 Å². The molecule has 5 nitrogen and oxygen atoms in total. The Labute approximate surface area is 168 Å². The molecule has 0 saturated carbocycles. The molecule has 150 valence electrons. The number of nitrogens with zero attached hydrogens (tertiary/aromatic N) is 3. The molecule has 0 spiro atoms. The minimum absolute atomic E-state index is 0.0773. The van der Waals surface area contributed by atoms with Crippen LogP contribution in [0.5, 0.6) is 0 Å². The van der Waals surface area contributed by atoms with Gasteiger partial charge in [-0.2, -0.15) is 0 Å². The number of likely N-dealkylation sites (tertiary alicyclic amines) is 1. The zero-order valence-electron chi connectivity index (χ0n) is 17.3. The summed E-state index contributed by atoms with van der Waals surface area (Å²) in [6, 6.07) is 8.88. The number of aryl methyl sites for hydroxylation is 2. The van der Waals surface area contributed by atoms with Gasteiger partial charge in [0.1, 0.15) is 6.33 Å². The lowest BCUT2D eigenvalue weighted by atomic mass is 9.95. The molecule has 1 atom stereocenters. The molecular formula is C23H32N4O. The molecule has 0 unspecified atom stereocenters. The third kappa shape index (κ3) is 5.16. The van der Waals surface area contributed by atoms with Crippen LogP contribution in [0.2, 0.25) is 0 Å². The molecule has 28 heavy (non-hydrogen) atoms. The van der Waals surface area contributed by atoms with E-state index in [2.05, 4.69) is 65.2 Å². The van der Waals surface area contributed by atoms with Gasteiger partial charge >= 0.3 is 0 Å². The zero-order valence-corrected chi connectivity index (χ0v) is 17.3. The first-order valence-corrected chi connectivity index (χ1v) is 10.5. The number of benzene rings is 1. The molecule has 2 heterocycles. The molecule has 0 bridgehead atoms. The van der Waals surface area contributed by atoms with Crippen LogP contribution < -0.4 is 5.32 Å². The Kier molecular flexibility index (Phi) is 7.15. The highest BCUT2D eigenvalue weighted by Gasteiger charge is 2.25. The summed E-state index contributed by atoms with van der Waals surface area (Å²) in [6.07, 6.45) is 7.32. The molecule has 2 aromatic rings. The standard InChI is InChI=1S/C23H32N4O/c1-4-5-21-20(14-24-16-26-21)23(28)25-15-22(19-8-6-17(2)7-9-19)27-12-10-18(3)11-13-27/h6-9,14,16,18,22H,4-5,10-13,15H2,1-3H3,(H,25,28)/t22-/m0/s1. The van der Waals surface area contributed by atoms with Crippen LogP contribution in [-0.2, 0) is 6.42 Å². The minimum atomic E-state index is -0.0773. The first-order chi connectivity index (χ1) is 13.6. The molecule has 3 rings (SSSR count). The zero-order chi connectivity index (χ0) is 19.9. The van der Waals surface area contributed by atoms with Crippen molar-refractivity contribution in [3.8, 4) is 0 Å². The number of nitrogens with one attached hydrogen (secondary N) is 1. The molecule has 1 amide bonds. The Morgan fingerprint density at radius 3 is 2.64 bits per heavy atom. The van der Waals surface area contributed by atoms with Crippen molar-refractivity contribution in [1.82, 2.24) is 20.2 Å². The van der Waals surface area contributed by atoms with Crippen LogP contribution in [0.3, 0.4) is 0 Å². The summed E-state index contributed by atoms with van der Waals surface area (Å²) < 4.78 is 0. The van der Waals surface area contributed by atoms with Crippen LogP contribution >= 0.6 is 0 Å². The summed E-state index contributed by atoms with van der Waals surface area (Å²) in [5.41, 5.74) is 3.94. The van der Waals surface area contributed by atoms with E-state index in [1.165, 1.54) is 30.3 Å². The highest BCUT2D eigenvalue weighted by atomic mass is 16.1. The van der Waals surface area contributed by atoms with Crippen molar-refractivity contribution in [3.05, 3.63) is 59.2 Å². The van der Waals surface area contributed by atoms with E-state index >= 15 is 0 Å². The fraction of sp³-hybridized carbons (Fsp3) is 0.522. The molecule has 1 N–H and O–H groups in total. The predicted octanol–water partition coefficient (Wildman–Crippen LogP) is 3.94. The summed E-state index contributed by atoms with van der Waals surface area (Å²) in [5, 5.41) is 3.16. The molecule has 1 saturated heterocycles. The maximum Gasteiger partial charge on any atom is 0.254 e. The van der Waals surface area contributed by atoms with E-state index in [1.807, 2.05) is 0 Å². The molecule has 1 aromatic heterocycles. The van der Waals surface area contributed by atoms with E-state index < -0.39 is 0 Å². The van der Waals surface area contributed by atoms with Gasteiger partial charge in [0, 0.05) is 12.7 Å². The number of aromatic nitrogens is 2. The maximum atomic E-state index is 12.9. The third-order valence-corrected chi connectivity index (χ3v) is 5.70. The van der Waals surface area contributed by atoms with Gasteiger partial charge in [0.25, 0.3) is 5.91 Å². The highest BCUT2D eigenvalue weighted by Crippen LogP contribution is 2.26. The second kappa shape index (κ2) is 9.78. The molecule has 5 heteroatoms. The van der Waals surface area contributed by atoms with Crippen molar-refractivity contribution in [2.45, 2.75) is 52.5 Å². The van der Waals surface area contributed by atoms with Gasteiger partial charge in [-0.1, -0.05) is 50.1 Å². The Bertz CT molecular complexity index is 766. The number of carbonyl (C=O) groups excluding carboxylic acids is 1. The molecule has 0 radical (unpaired) electrons. The average molecular weight is 381 g/mol. The first kappa shape index (κ1) is 20.5. The summed E-state index contributed by atoms with van der Waals surface area (Å²) in [6.45, 7) is 9.26. The fourth-order valence-electron chi connectivity index (χ4n) is 3.85. The van der Waals surface area contributed by atoms with Crippen molar-refractivity contribution in [3.63, 3.8) is 0 Å². The monoisotopic (exact) mass is 380 g/mol. The Morgan fingerprint density at radius 1 is 1.25 bits per heavy atom. The molecule has 0 aliphatic carbocycles. The Morgan fingerprint density at radius 2 is 1.96 bits per heavy atom. The SMILES string of the molecule is CCCc1ncncc1C(=O)NC[C@@H](c1ccc(C)cc1)N1CCC(C)CC1. The number of hydrogen-bond donors (Lipinski definition) is 1. The lowest BCUT2D eigenvalue weighted by Gasteiger charge is -2.37. The van der Waals surface area contributed by atoms with E-state index in [0.717, 1.165) is 37.5 Å². The lowest BCUT2D eigenvalue weighted by Crippen LogP contribution is -2.42. The van der Waals surface area contributed by atoms with E-state index in [4.69, 9.17) is 0 Å². The summed E-state index contributed by atoms with van der Waals surface area (Å²) in [7, 11) is 0. The molecule has 1 aromatic carbocycles. The highest BCUT2D eigenvalue weighted by molar-refractivity contribution is 5.94. The molecule has 1 aliphatic heterocycles. The van der Waals surface area contributed by atoms with Gasteiger partial charge in [-0.25, -0.2) is 9.97 Å². The number of hydrogen-bond acceptors (Lipinski definition) is 4. The van der Waals surface area contributed by atoms with E-state index in [-0.39, 0.29) is 11.9 Å². The number of rotatable bonds is 7. The van der Waals surface area contributed by atoms with Gasteiger partial charge < -0.3 is 5.32 Å². The maximum absolute atomic E-state index is 12.9. The largest absolute Gasteiger partial charge is 0.350 e. The first-order valence-electron chi connectivity index (χ1n) is 10.5. The van der Waals surface area contributed by atoms with Crippen molar-refractivity contribution in [2.24, 2.45) is 5.92 Å². The summed E-state index contributed by atoms with van der Waals surface area (Å²) in [5.74, 6) is 0.703. The third-order valence-electron chi connectivity index (χ3n) is 5.70. The summed E-state index contributed by atoms with van der Waals surface area (Å²) in [4.78, 5) is 23.7. The fourth-order valence-corrected chi connectivity index (χ4v) is 3.85. The molecule has 1 aliphatic rings. The number of piperidine rings is 1. The van der Waals surface area contributed by atoms with Crippen LogP contribution in [0.1, 0.15) is 66.3 Å². The predicted molar refractivity (Wildman–Crippen MR) is 112 cm³/mol. The summed E-state index contributed by atoms with van der Waals surface area (Å²) >= 11 is 0. The van der Waals surface area contributed by atoms with Crippen LogP contribution in [0.4, 0.5) is 0 Å². The van der Waals surface area contributed by atoms with Crippen molar-refractivity contribution >= 4 is 5.91 Å². The van der Waals surface area contributed by atoms with E-state index in [9.17, 15) is 4.79 Å². The van der Waals surface area contributed by atoms with Gasteiger partial charge in [-0.15, -0.1) is 0 Å². The topological polar surface area (TPSA) is 58.1 Å².